The van der Waals surface area contributed by atoms with E-state index in [1.54, 1.807) is 0 Å². The van der Waals surface area contributed by atoms with Crippen LogP contribution in [0.25, 0.3) is 0 Å². The number of alkyl halides is 3. The maximum Gasteiger partial charge on any atom is 0.234 e. The molecule has 1 heterocycles. The number of hydrogen-bond donors (Lipinski definition) is 1. The van der Waals surface area contributed by atoms with Crippen molar-refractivity contribution in [1.29, 1.82) is 0 Å². The van der Waals surface area contributed by atoms with Crippen molar-refractivity contribution in [2.75, 3.05) is 11.9 Å². The van der Waals surface area contributed by atoms with Gasteiger partial charge in [0.05, 0.1) is 0 Å². The van der Waals surface area contributed by atoms with Crippen LogP contribution in [0.5, 0.6) is 0 Å². The molecule has 0 bridgehead atoms. The molecule has 1 aromatic rings. The van der Waals surface area contributed by atoms with Crippen LogP contribution in [0.1, 0.15) is 12.6 Å². The monoisotopic (exact) mass is 307 g/mol. The molecule has 1 rings (SSSR count). The van der Waals surface area contributed by atoms with Gasteiger partial charge in [-0.25, -0.2) is 4.98 Å². The van der Waals surface area contributed by atoms with Crippen molar-refractivity contribution < 1.29 is 0 Å². The molecule has 0 aliphatic rings. The van der Waals surface area contributed by atoms with E-state index in [4.69, 9.17) is 58.0 Å². The van der Waals surface area contributed by atoms with Gasteiger partial charge in [0.25, 0.3) is 0 Å². The molecule has 0 saturated heterocycles. The number of nitrogens with one attached hydrogen (secondary N) is 1. The van der Waals surface area contributed by atoms with Crippen molar-refractivity contribution in [3.63, 3.8) is 0 Å². The minimum Gasteiger partial charge on any atom is -0.354 e. The number of aromatic nitrogens is 2. The average Bonchev–Trinajstić information content (AvgIpc) is 2.09. The first-order valence-corrected chi connectivity index (χ1v) is 5.79. The third-order valence-corrected chi connectivity index (χ3v) is 2.68. The molecule has 0 atom stereocenters. The standard InChI is InChI=1S/C7H6Cl5N3/c1-2-13-6-14-4(7(10,11)12)3(8)5(9)15-6/h2H2,1H3,(H,13,14,15). The second kappa shape index (κ2) is 5.11. The quantitative estimate of drug-likeness (QED) is 0.662. The van der Waals surface area contributed by atoms with Gasteiger partial charge in [-0.2, -0.15) is 4.98 Å². The van der Waals surface area contributed by atoms with Gasteiger partial charge in [0, 0.05) is 6.54 Å². The lowest BCUT2D eigenvalue weighted by Crippen LogP contribution is -2.10. The van der Waals surface area contributed by atoms with Gasteiger partial charge >= 0.3 is 0 Å². The fourth-order valence-corrected chi connectivity index (χ4v) is 1.80. The highest BCUT2D eigenvalue weighted by Gasteiger charge is 2.30. The number of hydrogen-bond acceptors (Lipinski definition) is 3. The van der Waals surface area contributed by atoms with E-state index in [1.165, 1.54) is 0 Å². The number of anilines is 1. The predicted octanol–water partition coefficient (Wildman–Crippen LogP) is 4.04. The smallest absolute Gasteiger partial charge is 0.234 e. The summed E-state index contributed by atoms with van der Waals surface area (Å²) < 4.78 is -1.73. The Morgan fingerprint density at radius 3 is 2.27 bits per heavy atom. The fraction of sp³-hybridized carbons (Fsp3) is 0.429. The van der Waals surface area contributed by atoms with Crippen molar-refractivity contribution in [3.05, 3.63) is 15.9 Å². The van der Waals surface area contributed by atoms with Crippen molar-refractivity contribution in [1.82, 2.24) is 9.97 Å². The lowest BCUT2D eigenvalue weighted by Gasteiger charge is -2.14. The molecule has 1 N–H and O–H groups in total. The highest BCUT2D eigenvalue weighted by Crippen LogP contribution is 2.42. The summed E-state index contributed by atoms with van der Waals surface area (Å²) in [6, 6.07) is 0. The zero-order valence-electron chi connectivity index (χ0n) is 7.49. The minimum atomic E-state index is -1.73. The molecule has 0 saturated carbocycles. The van der Waals surface area contributed by atoms with E-state index in [0.717, 1.165) is 0 Å². The van der Waals surface area contributed by atoms with Crippen LogP contribution in [-0.4, -0.2) is 16.5 Å². The Balaban J connectivity index is 3.25. The molecule has 0 spiro atoms. The van der Waals surface area contributed by atoms with Crippen molar-refractivity contribution in [2.45, 2.75) is 10.7 Å². The van der Waals surface area contributed by atoms with Crippen LogP contribution in [0.15, 0.2) is 0 Å². The van der Waals surface area contributed by atoms with E-state index in [2.05, 4.69) is 15.3 Å². The summed E-state index contributed by atoms with van der Waals surface area (Å²) in [7, 11) is 0. The summed E-state index contributed by atoms with van der Waals surface area (Å²) in [5.41, 5.74) is 0.0603. The molecule has 0 radical (unpaired) electrons. The highest BCUT2D eigenvalue weighted by molar-refractivity contribution is 6.67. The summed E-state index contributed by atoms with van der Waals surface area (Å²) in [5, 5.41) is 2.93. The van der Waals surface area contributed by atoms with E-state index in [0.29, 0.717) is 6.54 Å². The molecular weight excluding hydrogens is 303 g/mol. The van der Waals surface area contributed by atoms with Gasteiger partial charge in [0.15, 0.2) is 5.15 Å². The summed E-state index contributed by atoms with van der Waals surface area (Å²) in [6.45, 7) is 2.50. The fourth-order valence-electron chi connectivity index (χ4n) is 0.845. The molecular formula is C7H6Cl5N3. The van der Waals surface area contributed by atoms with Gasteiger partial charge < -0.3 is 5.32 Å². The van der Waals surface area contributed by atoms with Gasteiger partial charge in [-0.3, -0.25) is 0 Å². The molecule has 0 fully saturated rings. The van der Waals surface area contributed by atoms with Crippen molar-refractivity contribution >= 4 is 64.0 Å². The van der Waals surface area contributed by atoms with E-state index in [9.17, 15) is 0 Å². The molecule has 1 aromatic heterocycles. The topological polar surface area (TPSA) is 37.8 Å². The zero-order chi connectivity index (χ0) is 11.6. The molecule has 3 nitrogen and oxygen atoms in total. The number of halogens is 5. The van der Waals surface area contributed by atoms with Gasteiger partial charge in [-0.15, -0.1) is 0 Å². The van der Waals surface area contributed by atoms with E-state index < -0.39 is 3.79 Å². The third-order valence-electron chi connectivity index (χ3n) is 1.41. The second-order valence-electron chi connectivity index (χ2n) is 2.53. The molecule has 0 aromatic carbocycles. The molecule has 0 aliphatic carbocycles. The molecule has 8 heteroatoms. The van der Waals surface area contributed by atoms with Crippen LogP contribution < -0.4 is 5.32 Å². The first-order chi connectivity index (χ1) is 6.86. The Morgan fingerprint density at radius 2 is 1.80 bits per heavy atom. The highest BCUT2D eigenvalue weighted by atomic mass is 35.6. The van der Waals surface area contributed by atoms with Crippen LogP contribution in [0, 0.1) is 0 Å². The van der Waals surface area contributed by atoms with E-state index in [1.807, 2.05) is 6.92 Å². The molecule has 15 heavy (non-hydrogen) atoms. The largest absolute Gasteiger partial charge is 0.354 e. The van der Waals surface area contributed by atoms with Gasteiger partial charge in [0.2, 0.25) is 9.74 Å². The molecule has 84 valence electrons. The lowest BCUT2D eigenvalue weighted by atomic mass is 10.4. The van der Waals surface area contributed by atoms with Crippen LogP contribution in [-0.2, 0) is 3.79 Å². The Morgan fingerprint density at radius 1 is 1.20 bits per heavy atom. The van der Waals surface area contributed by atoms with E-state index in [-0.39, 0.29) is 21.8 Å². The van der Waals surface area contributed by atoms with Crippen LogP contribution in [0.4, 0.5) is 5.95 Å². The summed E-state index contributed by atoms with van der Waals surface area (Å²) >= 11 is 28.6. The lowest BCUT2D eigenvalue weighted by molar-refractivity contribution is 1.01. The zero-order valence-corrected chi connectivity index (χ0v) is 11.3. The summed E-state index contributed by atoms with van der Waals surface area (Å²) in [6.07, 6.45) is 0. The minimum absolute atomic E-state index is 0.0401. The van der Waals surface area contributed by atoms with Crippen LogP contribution >= 0.6 is 58.0 Å². The Labute approximate surface area is 112 Å². The van der Waals surface area contributed by atoms with Crippen LogP contribution in [0.3, 0.4) is 0 Å². The SMILES string of the molecule is CCNc1nc(Cl)c(Cl)c(C(Cl)(Cl)Cl)n1. The first-order valence-electron chi connectivity index (χ1n) is 3.90. The number of nitrogens with zero attached hydrogens (tertiary/aromatic N) is 2. The molecule has 0 amide bonds. The van der Waals surface area contributed by atoms with Crippen molar-refractivity contribution in [2.24, 2.45) is 0 Å². The van der Waals surface area contributed by atoms with Crippen molar-refractivity contribution in [3.8, 4) is 0 Å². The second-order valence-corrected chi connectivity index (χ2v) is 5.55. The summed E-state index contributed by atoms with van der Waals surface area (Å²) in [5.74, 6) is 0.272. The molecule has 0 unspecified atom stereocenters. The maximum absolute atomic E-state index is 5.81. The Hall–Kier alpha value is 0.330. The first kappa shape index (κ1) is 13.4. The van der Waals surface area contributed by atoms with Gasteiger partial charge in [0.1, 0.15) is 10.7 Å². The normalized spacial score (nSPS) is 11.6. The number of rotatable bonds is 2. The third kappa shape index (κ3) is 3.40. The van der Waals surface area contributed by atoms with Gasteiger partial charge in [-0.05, 0) is 6.92 Å². The Bertz CT molecular complexity index is 362. The molecule has 0 aliphatic heterocycles. The summed E-state index contributed by atoms with van der Waals surface area (Å²) in [4.78, 5) is 7.83. The van der Waals surface area contributed by atoms with E-state index >= 15 is 0 Å². The Kier molecular flexibility index (Phi) is 4.56. The maximum atomic E-state index is 5.81. The van der Waals surface area contributed by atoms with Crippen LogP contribution in [0.2, 0.25) is 10.2 Å². The average molecular weight is 309 g/mol. The van der Waals surface area contributed by atoms with Gasteiger partial charge in [-0.1, -0.05) is 58.0 Å². The predicted molar refractivity (Wildman–Crippen MR) is 65.5 cm³/mol.